The first-order chi connectivity index (χ1) is 4.31. The van der Waals surface area contributed by atoms with Crippen LogP contribution in [0.15, 0.2) is 0 Å². The van der Waals surface area contributed by atoms with E-state index in [-0.39, 0.29) is 0 Å². The summed E-state index contributed by atoms with van der Waals surface area (Å²) in [5.74, 6) is 0. The van der Waals surface area contributed by atoms with Crippen LogP contribution < -0.4 is 21.2 Å². The van der Waals surface area contributed by atoms with Crippen LogP contribution in [-0.2, 0) is 0 Å². The summed E-state index contributed by atoms with van der Waals surface area (Å²) < 4.78 is 2.91. The third-order valence-corrected chi connectivity index (χ3v) is 3.65. The summed E-state index contributed by atoms with van der Waals surface area (Å²) in [5, 5.41) is 0. The number of hydrogen-bond acceptors (Lipinski definition) is 1. The van der Waals surface area contributed by atoms with E-state index in [4.69, 9.17) is 0 Å². The molecule has 0 saturated heterocycles. The van der Waals surface area contributed by atoms with Crippen molar-refractivity contribution in [2.75, 3.05) is 29.0 Å². The van der Waals surface area contributed by atoms with Gasteiger partial charge in [0.2, 0.25) is 0 Å². The van der Waals surface area contributed by atoms with E-state index in [0.29, 0.717) is 21.2 Å². The maximum atomic E-state index is 2.38. The van der Waals surface area contributed by atoms with Gasteiger partial charge in [0.15, 0.2) is 0 Å². The summed E-state index contributed by atoms with van der Waals surface area (Å²) in [5.41, 5.74) is 0. The summed E-state index contributed by atoms with van der Waals surface area (Å²) in [4.78, 5) is 2.38. The van der Waals surface area contributed by atoms with Crippen LogP contribution in [-0.4, -0.2) is 33.9 Å². The van der Waals surface area contributed by atoms with E-state index in [1.54, 1.807) is 0 Å². The van der Waals surface area contributed by atoms with Gasteiger partial charge in [0.1, 0.15) is 0 Å². The predicted molar refractivity (Wildman–Crippen MR) is 38.6 cm³/mol. The molecule has 0 saturated carbocycles. The molecule has 9 heavy (non-hydrogen) atoms. The fraction of sp³-hybridized carbons (Fsp3) is 1.00. The molecule has 0 fully saturated rings. The molecular formula is C7H17IN-. The third-order valence-electron chi connectivity index (χ3n) is 1.33. The first-order valence-corrected chi connectivity index (χ1v) is 6.58. The van der Waals surface area contributed by atoms with Crippen molar-refractivity contribution in [3.8, 4) is 0 Å². The average Bonchev–Trinajstić information content (AvgIpc) is 1.89. The molecule has 0 aliphatic heterocycles. The Morgan fingerprint density at radius 2 is 2.00 bits per heavy atom. The van der Waals surface area contributed by atoms with Gasteiger partial charge in [-0.1, -0.05) is 0 Å². The minimum atomic E-state index is 0.547. The molecule has 0 atom stereocenters. The van der Waals surface area contributed by atoms with Crippen molar-refractivity contribution in [2.45, 2.75) is 13.8 Å². The summed E-state index contributed by atoms with van der Waals surface area (Å²) >= 11 is 0.547. The van der Waals surface area contributed by atoms with Crippen LogP contribution in [0.5, 0.6) is 0 Å². The fourth-order valence-corrected chi connectivity index (χ4v) is 2.42. The van der Waals surface area contributed by atoms with Crippen LogP contribution in [0.2, 0.25) is 0 Å². The second-order valence-corrected chi connectivity index (χ2v) is 5.72. The Hall–Kier alpha value is 0.690. The number of rotatable bonds is 5. The molecule has 0 spiro atoms. The van der Waals surface area contributed by atoms with Gasteiger partial charge in [-0.25, -0.2) is 0 Å². The zero-order chi connectivity index (χ0) is 7.11. The van der Waals surface area contributed by atoms with Crippen molar-refractivity contribution in [1.29, 1.82) is 0 Å². The number of nitrogens with zero attached hydrogens (tertiary/aromatic N) is 1. The molecule has 0 bridgehead atoms. The normalized spacial score (nSPS) is 11.1. The van der Waals surface area contributed by atoms with Crippen LogP contribution in [0, 0.1) is 0 Å². The van der Waals surface area contributed by atoms with Gasteiger partial charge in [-0.15, -0.1) is 0 Å². The van der Waals surface area contributed by atoms with E-state index in [1.807, 2.05) is 0 Å². The van der Waals surface area contributed by atoms with Crippen LogP contribution in [0.4, 0.5) is 0 Å². The van der Waals surface area contributed by atoms with Gasteiger partial charge in [0.05, 0.1) is 0 Å². The van der Waals surface area contributed by atoms with Crippen molar-refractivity contribution in [3.05, 3.63) is 0 Å². The second-order valence-electron chi connectivity index (χ2n) is 2.04. The molecule has 0 aromatic heterocycles. The summed E-state index contributed by atoms with van der Waals surface area (Å²) in [6, 6.07) is 0. The van der Waals surface area contributed by atoms with Gasteiger partial charge in [0, 0.05) is 0 Å². The monoisotopic (exact) mass is 242 g/mol. The van der Waals surface area contributed by atoms with Gasteiger partial charge >= 0.3 is 68.9 Å². The first kappa shape index (κ1) is 9.69. The van der Waals surface area contributed by atoms with E-state index in [9.17, 15) is 0 Å². The van der Waals surface area contributed by atoms with E-state index in [0.717, 1.165) is 0 Å². The van der Waals surface area contributed by atoms with Gasteiger partial charge in [-0.3, -0.25) is 0 Å². The molecule has 0 N–H and O–H groups in total. The third kappa shape index (κ3) is 6.58. The van der Waals surface area contributed by atoms with Crippen molar-refractivity contribution in [1.82, 2.24) is 4.90 Å². The van der Waals surface area contributed by atoms with Crippen molar-refractivity contribution >= 4 is 0 Å². The van der Waals surface area contributed by atoms with Gasteiger partial charge in [0.25, 0.3) is 0 Å². The molecular weight excluding hydrogens is 225 g/mol. The van der Waals surface area contributed by atoms with Crippen LogP contribution >= 0.6 is 0 Å². The molecule has 0 unspecified atom stereocenters. The molecule has 58 valence electrons. The standard InChI is InChI=1S/C7H17IN/c1-4-8-6-7-9(3)5-2/h4-7H2,1-3H3/q-1. The number of halogens is 1. The molecule has 0 aliphatic carbocycles. The van der Waals surface area contributed by atoms with E-state index < -0.39 is 0 Å². The average molecular weight is 242 g/mol. The zero-order valence-corrected chi connectivity index (χ0v) is 8.81. The van der Waals surface area contributed by atoms with E-state index in [1.165, 1.54) is 21.9 Å². The number of alkyl halides is 2. The fourth-order valence-electron chi connectivity index (χ4n) is 0.496. The predicted octanol–water partition coefficient (Wildman–Crippen LogP) is -1.95. The summed E-state index contributed by atoms with van der Waals surface area (Å²) in [6.45, 7) is 7.02. The molecule has 0 heterocycles. The van der Waals surface area contributed by atoms with Gasteiger partial charge in [-0.05, 0) is 0 Å². The van der Waals surface area contributed by atoms with Crippen molar-refractivity contribution < 1.29 is 21.2 Å². The number of hydrogen-bond donors (Lipinski definition) is 0. The Balaban J connectivity index is 2.88. The Morgan fingerprint density at radius 3 is 2.44 bits per heavy atom. The van der Waals surface area contributed by atoms with Crippen LogP contribution in [0.25, 0.3) is 0 Å². The Kier molecular flexibility index (Phi) is 7.33. The van der Waals surface area contributed by atoms with Crippen LogP contribution in [0.3, 0.4) is 0 Å². The minimum absolute atomic E-state index is 0.547. The van der Waals surface area contributed by atoms with E-state index in [2.05, 4.69) is 25.8 Å². The summed E-state index contributed by atoms with van der Waals surface area (Å²) in [6.07, 6.45) is 0. The van der Waals surface area contributed by atoms with Crippen LogP contribution in [0.1, 0.15) is 13.8 Å². The van der Waals surface area contributed by atoms with Crippen molar-refractivity contribution in [3.63, 3.8) is 0 Å². The Bertz CT molecular complexity index is 56.9. The first-order valence-electron chi connectivity index (χ1n) is 3.53. The molecule has 0 rings (SSSR count). The topological polar surface area (TPSA) is 3.24 Å². The molecule has 0 amide bonds. The quantitative estimate of drug-likeness (QED) is 0.307. The molecule has 1 nitrogen and oxygen atoms in total. The molecule has 0 aromatic rings. The Labute approximate surface area is 69.1 Å². The molecule has 0 radical (unpaired) electrons. The zero-order valence-electron chi connectivity index (χ0n) is 6.65. The van der Waals surface area contributed by atoms with Crippen molar-refractivity contribution in [2.24, 2.45) is 0 Å². The Morgan fingerprint density at radius 1 is 1.33 bits per heavy atom. The van der Waals surface area contributed by atoms with Gasteiger partial charge < -0.3 is 0 Å². The second kappa shape index (κ2) is 6.81. The SMILES string of the molecule is CC[I-]CCN(C)CC. The molecule has 0 aromatic carbocycles. The molecule has 2 heteroatoms. The molecule has 0 aliphatic rings. The maximum absolute atomic E-state index is 2.38. The van der Waals surface area contributed by atoms with E-state index >= 15 is 0 Å². The summed E-state index contributed by atoms with van der Waals surface area (Å²) in [7, 11) is 2.19. The van der Waals surface area contributed by atoms with Gasteiger partial charge in [-0.2, -0.15) is 0 Å².